The molecule has 0 radical (unpaired) electrons. The van der Waals surface area contributed by atoms with E-state index < -0.39 is 27.7 Å². The topological polar surface area (TPSA) is 116 Å². The quantitative estimate of drug-likeness (QED) is 0.377. The lowest BCUT2D eigenvalue weighted by molar-refractivity contribution is 0.0940. The first kappa shape index (κ1) is 31.3. The lowest BCUT2D eigenvalue weighted by atomic mass is 9.96. The number of ether oxygens (including phenoxy) is 1. The Morgan fingerprint density at radius 3 is 2.29 bits per heavy atom. The van der Waals surface area contributed by atoms with Crippen molar-refractivity contribution in [1.82, 2.24) is 14.9 Å². The molecule has 10 heteroatoms. The first-order chi connectivity index (χ1) is 17.1. The molecular formula is C28H39ClN4O4S. The van der Waals surface area contributed by atoms with Crippen LogP contribution in [0.3, 0.4) is 0 Å². The minimum atomic E-state index is -3.84. The second kappa shape index (κ2) is 12.3. The lowest BCUT2D eigenvalue weighted by Gasteiger charge is -2.19. The monoisotopic (exact) mass is 562 g/mol. The number of amides is 1. The minimum Gasteiger partial charge on any atom is -0.489 e. The van der Waals surface area contributed by atoms with Gasteiger partial charge in [0.2, 0.25) is 10.0 Å². The van der Waals surface area contributed by atoms with E-state index >= 15 is 0 Å². The van der Waals surface area contributed by atoms with Crippen LogP contribution in [0.1, 0.15) is 63.8 Å². The summed E-state index contributed by atoms with van der Waals surface area (Å²) in [6, 6.07) is 11.6. The molecule has 3 N–H and O–H groups in total. The predicted octanol–water partition coefficient (Wildman–Crippen LogP) is 5.09. The number of nitrogens with two attached hydrogens (primary N) is 1. The van der Waals surface area contributed by atoms with E-state index in [1.165, 1.54) is 6.07 Å². The summed E-state index contributed by atoms with van der Waals surface area (Å²) in [4.78, 5) is 17.7. The Balaban J connectivity index is 0.00000507. The van der Waals surface area contributed by atoms with Gasteiger partial charge in [0.25, 0.3) is 5.91 Å². The van der Waals surface area contributed by atoms with Gasteiger partial charge >= 0.3 is 0 Å². The van der Waals surface area contributed by atoms with Crippen LogP contribution in [-0.2, 0) is 28.9 Å². The van der Waals surface area contributed by atoms with Crippen LogP contribution in [0.2, 0.25) is 5.02 Å². The summed E-state index contributed by atoms with van der Waals surface area (Å²) in [6.07, 6.45) is 2.20. The van der Waals surface area contributed by atoms with Crippen LogP contribution in [0.5, 0.6) is 5.75 Å². The van der Waals surface area contributed by atoms with Gasteiger partial charge in [0.15, 0.2) is 0 Å². The van der Waals surface area contributed by atoms with Gasteiger partial charge in [-0.25, -0.2) is 18.5 Å². The van der Waals surface area contributed by atoms with Crippen LogP contribution < -0.4 is 15.2 Å². The molecule has 208 valence electrons. The zero-order valence-electron chi connectivity index (χ0n) is 22.1. The van der Waals surface area contributed by atoms with Crippen molar-refractivity contribution in [1.29, 1.82) is 0 Å². The third-order valence-corrected chi connectivity index (χ3v) is 6.77. The number of nitrogens with one attached hydrogen (secondary N) is 1. The molecule has 0 fully saturated rings. The third-order valence-electron chi connectivity index (χ3n) is 5.60. The first-order valence-electron chi connectivity index (χ1n) is 12.0. The van der Waals surface area contributed by atoms with Crippen LogP contribution in [-0.4, -0.2) is 41.8 Å². The summed E-state index contributed by atoms with van der Waals surface area (Å²) < 4.78 is 31.4. The maximum absolute atomic E-state index is 12.9. The number of nitrogens with zero attached hydrogens (tertiary/aromatic N) is 2. The van der Waals surface area contributed by atoms with Gasteiger partial charge in [-0.15, -0.1) is 0 Å². The molecule has 38 heavy (non-hydrogen) atoms. The van der Waals surface area contributed by atoms with E-state index in [0.29, 0.717) is 16.3 Å². The summed E-state index contributed by atoms with van der Waals surface area (Å²) in [5.74, 6) is 0.590. The van der Waals surface area contributed by atoms with Crippen molar-refractivity contribution in [3.63, 3.8) is 0 Å². The number of carbonyl (C=O) groups is 1. The summed E-state index contributed by atoms with van der Waals surface area (Å²) in [5, 5.41) is 8.40. The zero-order valence-corrected chi connectivity index (χ0v) is 23.7. The van der Waals surface area contributed by atoms with Gasteiger partial charge in [0.1, 0.15) is 11.6 Å². The van der Waals surface area contributed by atoms with Crippen LogP contribution >= 0.6 is 11.6 Å². The van der Waals surface area contributed by atoms with E-state index in [-0.39, 0.29) is 25.4 Å². The number of hydrogen-bond acceptors (Lipinski definition) is 5. The smallest absolute Gasteiger partial charge is 0.251 e. The second-order valence-corrected chi connectivity index (χ2v) is 12.6. The van der Waals surface area contributed by atoms with Gasteiger partial charge in [0.05, 0.1) is 22.6 Å². The van der Waals surface area contributed by atoms with Gasteiger partial charge in [0, 0.05) is 35.8 Å². The van der Waals surface area contributed by atoms with Crippen molar-refractivity contribution >= 4 is 27.5 Å². The van der Waals surface area contributed by atoms with Crippen molar-refractivity contribution in [3.8, 4) is 17.0 Å². The standard InChI is InChI=1S/C27H35ClN4O4S.CH4/c1-17(2)36-24-12-11-20(14-22(24)28)25(33)30-21(16-37(29,34)35)13-18-7-9-19(10-8-18)23-15-32(6)26(31-23)27(3,4)5;/h7-12,14-15,17,21H,13,16H2,1-6H3,(H,30,33)(H2,29,34,35);1H4/t21-;/m0./s1. The molecule has 1 aromatic heterocycles. The fourth-order valence-corrected chi connectivity index (χ4v) is 5.08. The number of benzene rings is 2. The van der Waals surface area contributed by atoms with Gasteiger partial charge < -0.3 is 14.6 Å². The molecule has 0 aliphatic heterocycles. The van der Waals surface area contributed by atoms with Gasteiger partial charge in [-0.1, -0.05) is 64.1 Å². The Labute approximate surface area is 231 Å². The van der Waals surface area contributed by atoms with E-state index in [2.05, 4.69) is 26.1 Å². The van der Waals surface area contributed by atoms with E-state index in [1.807, 2.05) is 55.9 Å². The summed E-state index contributed by atoms with van der Waals surface area (Å²) in [6.45, 7) is 10.1. The van der Waals surface area contributed by atoms with Crippen molar-refractivity contribution in [2.24, 2.45) is 12.2 Å². The summed E-state index contributed by atoms with van der Waals surface area (Å²) in [5.41, 5.74) is 2.86. The SMILES string of the molecule is C.CC(C)Oc1ccc(C(=O)N[C@@H](Cc2ccc(-c3cn(C)c(C(C)(C)C)n3)cc2)CS(N)(=O)=O)cc1Cl. The number of aryl methyl sites for hydroxylation is 1. The highest BCUT2D eigenvalue weighted by Gasteiger charge is 2.22. The minimum absolute atomic E-state index is 0. The van der Waals surface area contributed by atoms with Crippen molar-refractivity contribution in [2.75, 3.05) is 5.75 Å². The zero-order chi connectivity index (χ0) is 27.5. The Morgan fingerprint density at radius 1 is 1.16 bits per heavy atom. The summed E-state index contributed by atoms with van der Waals surface area (Å²) in [7, 11) is -1.86. The number of halogens is 1. The Hall–Kier alpha value is -2.88. The molecule has 0 aliphatic rings. The predicted molar refractivity (Wildman–Crippen MR) is 154 cm³/mol. The van der Waals surface area contributed by atoms with Crippen LogP contribution in [0, 0.1) is 0 Å². The number of aromatic nitrogens is 2. The fourth-order valence-electron chi connectivity index (χ4n) is 4.09. The molecule has 1 atom stereocenters. The Morgan fingerprint density at radius 2 is 1.79 bits per heavy atom. The molecule has 0 unspecified atom stereocenters. The van der Waals surface area contributed by atoms with Crippen LogP contribution in [0.25, 0.3) is 11.3 Å². The van der Waals surface area contributed by atoms with E-state index in [1.54, 1.807) is 12.1 Å². The average molecular weight is 563 g/mol. The molecule has 1 heterocycles. The molecule has 2 aromatic carbocycles. The summed E-state index contributed by atoms with van der Waals surface area (Å²) >= 11 is 6.26. The van der Waals surface area contributed by atoms with E-state index in [0.717, 1.165) is 22.6 Å². The van der Waals surface area contributed by atoms with Gasteiger partial charge in [-0.2, -0.15) is 0 Å². The highest BCUT2D eigenvalue weighted by atomic mass is 35.5. The molecular weight excluding hydrogens is 524 g/mol. The van der Waals surface area contributed by atoms with Crippen molar-refractivity contribution < 1.29 is 17.9 Å². The van der Waals surface area contributed by atoms with Gasteiger partial charge in [-0.05, 0) is 44.0 Å². The first-order valence-corrected chi connectivity index (χ1v) is 14.1. The largest absolute Gasteiger partial charge is 0.489 e. The van der Waals surface area contributed by atoms with E-state index in [9.17, 15) is 13.2 Å². The second-order valence-electron chi connectivity index (χ2n) is 10.5. The molecule has 0 bridgehead atoms. The number of primary sulfonamides is 1. The fraction of sp³-hybridized carbons (Fsp3) is 0.429. The van der Waals surface area contributed by atoms with Crippen molar-refractivity contribution in [3.05, 3.63) is 70.6 Å². The normalized spacial score (nSPS) is 12.7. The molecule has 3 rings (SSSR count). The molecule has 3 aromatic rings. The molecule has 0 aliphatic carbocycles. The molecule has 1 amide bonds. The number of sulfonamides is 1. The molecule has 0 spiro atoms. The van der Waals surface area contributed by atoms with Crippen molar-refractivity contribution in [2.45, 2.75) is 66.0 Å². The number of carbonyl (C=O) groups excluding carboxylic acids is 1. The lowest BCUT2D eigenvalue weighted by Crippen LogP contribution is -2.42. The molecule has 0 saturated carbocycles. The Kier molecular flexibility index (Phi) is 10.2. The van der Waals surface area contributed by atoms with Crippen LogP contribution in [0.4, 0.5) is 0 Å². The number of imidazole rings is 1. The third kappa shape index (κ3) is 8.58. The highest BCUT2D eigenvalue weighted by Crippen LogP contribution is 2.27. The number of hydrogen-bond donors (Lipinski definition) is 2. The van der Waals surface area contributed by atoms with E-state index in [4.69, 9.17) is 26.5 Å². The number of rotatable bonds is 9. The van der Waals surface area contributed by atoms with Crippen LogP contribution in [0.15, 0.2) is 48.7 Å². The highest BCUT2D eigenvalue weighted by molar-refractivity contribution is 7.89. The maximum Gasteiger partial charge on any atom is 0.251 e. The van der Waals surface area contributed by atoms with Gasteiger partial charge in [-0.3, -0.25) is 4.79 Å². The maximum atomic E-state index is 12.9. The molecule has 8 nitrogen and oxygen atoms in total. The Bertz CT molecular complexity index is 1360. The average Bonchev–Trinajstić information content (AvgIpc) is 3.16. The molecule has 0 saturated heterocycles.